The first-order chi connectivity index (χ1) is 8.58. The van der Waals surface area contributed by atoms with Crippen molar-refractivity contribution in [1.82, 2.24) is 4.57 Å². The maximum absolute atomic E-state index is 11.3. The SMILES string of the molecule is CCc1cn(CCO)c2c(C(=O)O)cc(C)cc12. The van der Waals surface area contributed by atoms with E-state index in [1.807, 2.05) is 30.7 Å². The summed E-state index contributed by atoms with van der Waals surface area (Å²) in [5.41, 5.74) is 3.07. The predicted molar refractivity (Wildman–Crippen MR) is 70.1 cm³/mol. The van der Waals surface area contributed by atoms with Crippen molar-refractivity contribution in [3.05, 3.63) is 35.0 Å². The Morgan fingerprint density at radius 1 is 1.39 bits per heavy atom. The number of hydrogen-bond acceptors (Lipinski definition) is 2. The fourth-order valence-electron chi connectivity index (χ4n) is 2.38. The maximum atomic E-state index is 11.3. The molecular weight excluding hydrogens is 230 g/mol. The highest BCUT2D eigenvalue weighted by Gasteiger charge is 2.16. The minimum absolute atomic E-state index is 0.000129. The molecule has 0 unspecified atom stereocenters. The zero-order valence-electron chi connectivity index (χ0n) is 10.6. The van der Waals surface area contributed by atoms with E-state index < -0.39 is 5.97 Å². The van der Waals surface area contributed by atoms with Crippen molar-refractivity contribution in [3.63, 3.8) is 0 Å². The van der Waals surface area contributed by atoms with Crippen LogP contribution in [0, 0.1) is 6.92 Å². The number of aromatic carboxylic acids is 1. The van der Waals surface area contributed by atoms with Crippen LogP contribution in [0.2, 0.25) is 0 Å². The Labute approximate surface area is 105 Å². The summed E-state index contributed by atoms with van der Waals surface area (Å²) in [4.78, 5) is 11.3. The van der Waals surface area contributed by atoms with Crippen LogP contribution in [0.4, 0.5) is 0 Å². The van der Waals surface area contributed by atoms with Gasteiger partial charge in [0, 0.05) is 18.1 Å². The maximum Gasteiger partial charge on any atom is 0.337 e. The standard InChI is InChI=1S/C14H17NO3/c1-3-10-8-15(4-5-16)13-11(10)6-9(2)7-12(13)14(17)18/h6-8,16H,3-5H2,1-2H3,(H,17,18). The molecule has 4 nitrogen and oxygen atoms in total. The van der Waals surface area contributed by atoms with Gasteiger partial charge in [-0.25, -0.2) is 4.79 Å². The molecule has 0 spiro atoms. The van der Waals surface area contributed by atoms with E-state index in [-0.39, 0.29) is 6.61 Å². The minimum atomic E-state index is -0.927. The first-order valence-electron chi connectivity index (χ1n) is 6.05. The Balaban J connectivity index is 2.82. The molecule has 0 atom stereocenters. The van der Waals surface area contributed by atoms with Crippen molar-refractivity contribution in [2.75, 3.05) is 6.61 Å². The van der Waals surface area contributed by atoms with Crippen LogP contribution in [0.25, 0.3) is 10.9 Å². The van der Waals surface area contributed by atoms with E-state index in [0.29, 0.717) is 17.6 Å². The summed E-state index contributed by atoms with van der Waals surface area (Å²) in [6.07, 6.45) is 2.78. The van der Waals surface area contributed by atoms with Crippen LogP contribution in [0.3, 0.4) is 0 Å². The molecule has 0 aliphatic carbocycles. The molecule has 0 fully saturated rings. The van der Waals surface area contributed by atoms with E-state index in [1.165, 1.54) is 0 Å². The minimum Gasteiger partial charge on any atom is -0.478 e. The zero-order valence-corrected chi connectivity index (χ0v) is 10.6. The van der Waals surface area contributed by atoms with E-state index >= 15 is 0 Å². The van der Waals surface area contributed by atoms with E-state index in [4.69, 9.17) is 5.11 Å². The molecule has 0 amide bonds. The quantitative estimate of drug-likeness (QED) is 0.870. The monoisotopic (exact) mass is 247 g/mol. The first-order valence-corrected chi connectivity index (χ1v) is 6.05. The second kappa shape index (κ2) is 4.82. The van der Waals surface area contributed by atoms with Crippen molar-refractivity contribution < 1.29 is 15.0 Å². The van der Waals surface area contributed by atoms with Gasteiger partial charge in [0.05, 0.1) is 17.7 Å². The summed E-state index contributed by atoms with van der Waals surface area (Å²) in [5.74, 6) is -0.927. The van der Waals surface area contributed by atoms with Gasteiger partial charge in [-0.3, -0.25) is 0 Å². The van der Waals surface area contributed by atoms with Gasteiger partial charge in [0.1, 0.15) is 0 Å². The lowest BCUT2D eigenvalue weighted by Gasteiger charge is -2.06. The summed E-state index contributed by atoms with van der Waals surface area (Å²) in [6.45, 7) is 4.36. The van der Waals surface area contributed by atoms with Crippen molar-refractivity contribution >= 4 is 16.9 Å². The Morgan fingerprint density at radius 2 is 2.11 bits per heavy atom. The summed E-state index contributed by atoms with van der Waals surface area (Å²) in [6, 6.07) is 3.69. The Hall–Kier alpha value is -1.81. The molecule has 2 N–H and O–H groups in total. The lowest BCUT2D eigenvalue weighted by molar-refractivity contribution is 0.0698. The number of benzene rings is 1. The molecule has 96 valence electrons. The third-order valence-corrected chi connectivity index (χ3v) is 3.15. The zero-order chi connectivity index (χ0) is 13.3. The van der Waals surface area contributed by atoms with Gasteiger partial charge in [-0.15, -0.1) is 0 Å². The van der Waals surface area contributed by atoms with Gasteiger partial charge in [0.25, 0.3) is 0 Å². The number of carboxylic acid groups (broad SMARTS) is 1. The van der Waals surface area contributed by atoms with Gasteiger partial charge in [-0.05, 0) is 36.6 Å². The highest BCUT2D eigenvalue weighted by Crippen LogP contribution is 2.27. The summed E-state index contributed by atoms with van der Waals surface area (Å²) in [7, 11) is 0. The molecule has 2 rings (SSSR count). The van der Waals surface area contributed by atoms with E-state index in [0.717, 1.165) is 22.9 Å². The van der Waals surface area contributed by atoms with Gasteiger partial charge >= 0.3 is 5.97 Å². The van der Waals surface area contributed by atoms with Crippen molar-refractivity contribution in [3.8, 4) is 0 Å². The molecule has 0 radical (unpaired) electrons. The molecule has 2 aromatic rings. The van der Waals surface area contributed by atoms with Gasteiger partial charge in [-0.1, -0.05) is 6.92 Å². The normalized spacial score (nSPS) is 11.1. The van der Waals surface area contributed by atoms with Gasteiger partial charge in [0.2, 0.25) is 0 Å². The van der Waals surface area contributed by atoms with Gasteiger partial charge in [0.15, 0.2) is 0 Å². The fourth-order valence-corrected chi connectivity index (χ4v) is 2.38. The number of aliphatic hydroxyl groups excluding tert-OH is 1. The van der Waals surface area contributed by atoms with Crippen molar-refractivity contribution in [1.29, 1.82) is 0 Å². The Morgan fingerprint density at radius 3 is 2.67 bits per heavy atom. The molecule has 0 bridgehead atoms. The van der Waals surface area contributed by atoms with Gasteiger partial charge in [-0.2, -0.15) is 0 Å². The molecule has 0 aliphatic rings. The number of hydrogen-bond donors (Lipinski definition) is 2. The van der Waals surface area contributed by atoms with E-state index in [9.17, 15) is 9.90 Å². The number of aliphatic hydroxyl groups is 1. The number of aromatic nitrogens is 1. The van der Waals surface area contributed by atoms with Crippen LogP contribution >= 0.6 is 0 Å². The highest BCUT2D eigenvalue weighted by molar-refractivity contribution is 6.03. The lowest BCUT2D eigenvalue weighted by Crippen LogP contribution is -2.05. The van der Waals surface area contributed by atoms with Crippen LogP contribution in [0.5, 0.6) is 0 Å². The van der Waals surface area contributed by atoms with Crippen molar-refractivity contribution in [2.24, 2.45) is 0 Å². The van der Waals surface area contributed by atoms with Crippen LogP contribution in [0.15, 0.2) is 18.3 Å². The predicted octanol–water partition coefficient (Wildman–Crippen LogP) is 2.20. The average Bonchev–Trinajstić information content (AvgIpc) is 2.66. The molecule has 1 aromatic heterocycles. The number of carbonyl (C=O) groups is 1. The Bertz CT molecular complexity index is 599. The fraction of sp³-hybridized carbons (Fsp3) is 0.357. The topological polar surface area (TPSA) is 62.5 Å². The number of fused-ring (bicyclic) bond motifs is 1. The second-order valence-corrected chi connectivity index (χ2v) is 4.44. The number of rotatable bonds is 4. The first kappa shape index (κ1) is 12.6. The summed E-state index contributed by atoms with van der Waals surface area (Å²) in [5, 5.41) is 19.4. The van der Waals surface area contributed by atoms with E-state index in [1.54, 1.807) is 6.07 Å². The number of carboxylic acids is 1. The highest BCUT2D eigenvalue weighted by atomic mass is 16.4. The molecule has 0 saturated carbocycles. The number of nitrogens with zero attached hydrogens (tertiary/aromatic N) is 1. The summed E-state index contributed by atoms with van der Waals surface area (Å²) >= 11 is 0. The Kier molecular flexibility index (Phi) is 3.39. The second-order valence-electron chi connectivity index (χ2n) is 4.44. The molecule has 18 heavy (non-hydrogen) atoms. The molecule has 0 aliphatic heterocycles. The molecule has 1 heterocycles. The largest absolute Gasteiger partial charge is 0.478 e. The third-order valence-electron chi connectivity index (χ3n) is 3.15. The molecule has 1 aromatic carbocycles. The molecular formula is C14H17NO3. The summed E-state index contributed by atoms with van der Waals surface area (Å²) < 4.78 is 1.83. The smallest absolute Gasteiger partial charge is 0.337 e. The third kappa shape index (κ3) is 1.99. The van der Waals surface area contributed by atoms with Crippen LogP contribution in [0.1, 0.15) is 28.4 Å². The van der Waals surface area contributed by atoms with Crippen molar-refractivity contribution in [2.45, 2.75) is 26.8 Å². The number of aryl methyl sites for hydroxylation is 2. The lowest BCUT2D eigenvalue weighted by atomic mass is 10.0. The molecule has 0 saturated heterocycles. The van der Waals surface area contributed by atoms with Crippen LogP contribution < -0.4 is 0 Å². The molecule has 4 heteroatoms. The van der Waals surface area contributed by atoms with Gasteiger partial charge < -0.3 is 14.8 Å². The van der Waals surface area contributed by atoms with Crippen LogP contribution in [-0.2, 0) is 13.0 Å². The van der Waals surface area contributed by atoms with Crippen LogP contribution in [-0.4, -0.2) is 27.4 Å². The average molecular weight is 247 g/mol. The van der Waals surface area contributed by atoms with E-state index in [2.05, 4.69) is 0 Å².